The van der Waals surface area contributed by atoms with Gasteiger partial charge < -0.3 is 4.43 Å². The Kier molecular flexibility index (Phi) is 6.17. The van der Waals surface area contributed by atoms with Crippen molar-refractivity contribution in [3.8, 4) is 0 Å². The molecule has 0 aliphatic carbocycles. The highest BCUT2D eigenvalue weighted by molar-refractivity contribution is 7.96. The van der Waals surface area contributed by atoms with Crippen LogP contribution in [0, 0.1) is 0 Å². The highest BCUT2D eigenvalue weighted by Crippen LogP contribution is 2.33. The summed E-state index contributed by atoms with van der Waals surface area (Å²) in [5.74, 6) is 0. The molecular weight excluding hydrogens is 291 g/mol. The van der Waals surface area contributed by atoms with E-state index >= 15 is 0 Å². The standard InChI is InChI=1S/C18H25OPSi/c1-4-15-18(2,3)19-21-20(16-11-7-5-8-12-16)17-13-9-6-10-14-17/h5-14H,4,15,21H2,1-3H3. The summed E-state index contributed by atoms with van der Waals surface area (Å²) in [6, 6.07) is 21.7. The maximum Gasteiger partial charge on any atom is 0.196 e. The molecule has 0 aliphatic rings. The van der Waals surface area contributed by atoms with Gasteiger partial charge in [0, 0.05) is 0 Å². The molecule has 0 saturated carbocycles. The summed E-state index contributed by atoms with van der Waals surface area (Å²) in [6.45, 7) is 6.68. The Bertz CT molecular complexity index is 488. The van der Waals surface area contributed by atoms with Gasteiger partial charge >= 0.3 is 0 Å². The first-order valence-corrected chi connectivity index (χ1v) is 11.6. The summed E-state index contributed by atoms with van der Waals surface area (Å²) < 4.78 is 6.41. The lowest BCUT2D eigenvalue weighted by atomic mass is 10.0. The van der Waals surface area contributed by atoms with Crippen molar-refractivity contribution >= 4 is 27.5 Å². The topological polar surface area (TPSA) is 9.23 Å². The molecule has 2 rings (SSSR count). The Labute approximate surface area is 132 Å². The predicted octanol–water partition coefficient (Wildman–Crippen LogP) is 3.71. The molecule has 0 aliphatic heterocycles. The van der Waals surface area contributed by atoms with Gasteiger partial charge in [0.15, 0.2) is 9.43 Å². The molecule has 0 saturated heterocycles. The SMILES string of the molecule is CCCC(C)(C)O[SiH2]P(c1ccccc1)c1ccccc1. The quantitative estimate of drug-likeness (QED) is 0.559. The Balaban J connectivity index is 2.18. The molecule has 21 heavy (non-hydrogen) atoms. The zero-order valence-electron chi connectivity index (χ0n) is 13.3. The summed E-state index contributed by atoms with van der Waals surface area (Å²) in [5.41, 5.74) is 0.0190. The van der Waals surface area contributed by atoms with Crippen LogP contribution < -0.4 is 10.6 Å². The normalized spacial score (nSPS) is 12.4. The fraction of sp³-hybridized carbons (Fsp3) is 0.333. The maximum atomic E-state index is 6.41. The van der Waals surface area contributed by atoms with Gasteiger partial charge in [-0.3, -0.25) is 0 Å². The number of hydrogen-bond acceptors (Lipinski definition) is 1. The van der Waals surface area contributed by atoms with Crippen LogP contribution in [0.25, 0.3) is 0 Å². The van der Waals surface area contributed by atoms with Crippen LogP contribution in [-0.2, 0) is 4.43 Å². The molecule has 0 atom stereocenters. The lowest BCUT2D eigenvalue weighted by molar-refractivity contribution is 0.109. The van der Waals surface area contributed by atoms with Crippen molar-refractivity contribution in [1.29, 1.82) is 0 Å². The molecule has 0 bridgehead atoms. The minimum Gasteiger partial charge on any atom is -0.413 e. The van der Waals surface area contributed by atoms with Gasteiger partial charge in [-0.25, -0.2) is 0 Å². The van der Waals surface area contributed by atoms with E-state index in [-0.39, 0.29) is 13.1 Å². The maximum absolute atomic E-state index is 6.41. The molecule has 3 heteroatoms. The van der Waals surface area contributed by atoms with Crippen molar-refractivity contribution in [1.82, 2.24) is 0 Å². The first-order valence-electron chi connectivity index (χ1n) is 7.64. The van der Waals surface area contributed by atoms with Crippen molar-refractivity contribution < 1.29 is 4.43 Å². The van der Waals surface area contributed by atoms with Gasteiger partial charge in [0.25, 0.3) is 0 Å². The fourth-order valence-electron chi connectivity index (χ4n) is 2.43. The molecular formula is C18H25OPSi. The van der Waals surface area contributed by atoms with Crippen molar-refractivity contribution in [3.63, 3.8) is 0 Å². The van der Waals surface area contributed by atoms with Gasteiger partial charge in [-0.15, -0.1) is 0 Å². The average molecular weight is 316 g/mol. The lowest BCUT2D eigenvalue weighted by Gasteiger charge is -2.28. The van der Waals surface area contributed by atoms with Crippen LogP contribution in [-0.4, -0.2) is 15.0 Å². The molecule has 0 fully saturated rings. The van der Waals surface area contributed by atoms with Crippen LogP contribution in [0.1, 0.15) is 33.6 Å². The van der Waals surface area contributed by atoms with Gasteiger partial charge in [0.1, 0.15) is 0 Å². The molecule has 0 aromatic heterocycles. The molecule has 2 aromatic carbocycles. The van der Waals surface area contributed by atoms with Crippen LogP contribution in [0.5, 0.6) is 0 Å². The monoisotopic (exact) mass is 316 g/mol. The molecule has 0 radical (unpaired) electrons. The zero-order chi connectivity index (χ0) is 15.1. The minimum absolute atomic E-state index is 0.0190. The molecule has 0 N–H and O–H groups in total. The molecule has 1 nitrogen and oxygen atoms in total. The van der Waals surface area contributed by atoms with Gasteiger partial charge in [0.2, 0.25) is 0 Å². The third-order valence-electron chi connectivity index (χ3n) is 3.57. The first-order chi connectivity index (χ1) is 10.1. The van der Waals surface area contributed by atoms with Gasteiger partial charge in [-0.1, -0.05) is 74.0 Å². The third kappa shape index (κ3) is 5.07. The van der Waals surface area contributed by atoms with E-state index in [1.54, 1.807) is 0 Å². The van der Waals surface area contributed by atoms with E-state index in [1.165, 1.54) is 17.0 Å². The van der Waals surface area contributed by atoms with Gasteiger partial charge in [0.05, 0.1) is 5.60 Å². The predicted molar refractivity (Wildman–Crippen MR) is 97.7 cm³/mol. The van der Waals surface area contributed by atoms with Crippen molar-refractivity contribution in [3.05, 3.63) is 60.7 Å². The first kappa shape index (κ1) is 16.4. The molecule has 112 valence electrons. The van der Waals surface area contributed by atoms with Crippen LogP contribution in [0.2, 0.25) is 0 Å². The third-order valence-corrected chi connectivity index (χ3v) is 9.94. The van der Waals surface area contributed by atoms with E-state index in [9.17, 15) is 0 Å². The Morgan fingerprint density at radius 1 is 0.905 bits per heavy atom. The minimum atomic E-state index is -0.631. The second-order valence-corrected chi connectivity index (χ2v) is 11.0. The van der Waals surface area contributed by atoms with Crippen LogP contribution in [0.3, 0.4) is 0 Å². The summed E-state index contributed by atoms with van der Waals surface area (Å²) in [4.78, 5) is 0. The second kappa shape index (κ2) is 7.89. The van der Waals surface area contributed by atoms with E-state index in [0.717, 1.165) is 6.42 Å². The van der Waals surface area contributed by atoms with E-state index < -0.39 is 9.43 Å². The van der Waals surface area contributed by atoms with Crippen molar-refractivity contribution in [2.45, 2.75) is 39.2 Å². The summed E-state index contributed by atoms with van der Waals surface area (Å²) in [7, 11) is -0.940. The van der Waals surface area contributed by atoms with Crippen LogP contribution in [0.4, 0.5) is 0 Å². The molecule has 0 amide bonds. The van der Waals surface area contributed by atoms with Crippen LogP contribution in [0.15, 0.2) is 60.7 Å². The Morgan fingerprint density at radius 3 is 1.81 bits per heavy atom. The van der Waals surface area contributed by atoms with E-state index in [2.05, 4.69) is 81.4 Å². The lowest BCUT2D eigenvalue weighted by Crippen LogP contribution is -2.28. The molecule has 0 unspecified atom stereocenters. The van der Waals surface area contributed by atoms with Gasteiger partial charge in [-0.05, 0) is 38.3 Å². The fourth-order valence-corrected chi connectivity index (χ4v) is 8.31. The van der Waals surface area contributed by atoms with Gasteiger partial charge in [-0.2, -0.15) is 0 Å². The number of benzene rings is 2. The Morgan fingerprint density at radius 2 is 1.38 bits per heavy atom. The summed E-state index contributed by atoms with van der Waals surface area (Å²) in [6.07, 6.45) is 2.31. The zero-order valence-corrected chi connectivity index (χ0v) is 15.6. The highest BCUT2D eigenvalue weighted by atomic mass is 31.4. The number of rotatable bonds is 7. The molecule has 0 heterocycles. The summed E-state index contributed by atoms with van der Waals surface area (Å²) in [5, 5.41) is 2.88. The van der Waals surface area contributed by atoms with E-state index in [1.807, 2.05) is 0 Å². The van der Waals surface area contributed by atoms with Crippen LogP contribution >= 0.6 is 7.47 Å². The second-order valence-electron chi connectivity index (χ2n) is 5.88. The Hall–Kier alpha value is -0.953. The van der Waals surface area contributed by atoms with Crippen molar-refractivity contribution in [2.75, 3.05) is 0 Å². The smallest absolute Gasteiger partial charge is 0.196 e. The van der Waals surface area contributed by atoms with E-state index in [4.69, 9.17) is 4.43 Å². The molecule has 0 spiro atoms. The van der Waals surface area contributed by atoms with E-state index in [0.29, 0.717) is 0 Å². The average Bonchev–Trinajstić information content (AvgIpc) is 2.49. The van der Waals surface area contributed by atoms with Crippen molar-refractivity contribution in [2.24, 2.45) is 0 Å². The largest absolute Gasteiger partial charge is 0.413 e. The summed E-state index contributed by atoms with van der Waals surface area (Å²) >= 11 is 0. The number of hydrogen-bond donors (Lipinski definition) is 0. The molecule has 2 aromatic rings. The highest BCUT2D eigenvalue weighted by Gasteiger charge is 2.21.